The van der Waals surface area contributed by atoms with Gasteiger partial charge < -0.3 is 15.4 Å². The number of hydrogen-bond acceptors (Lipinski definition) is 4. The van der Waals surface area contributed by atoms with Crippen LogP contribution in [-0.2, 0) is 11.0 Å². The van der Waals surface area contributed by atoms with Crippen LogP contribution in [0.15, 0.2) is 24.3 Å². The molecular weight excluding hydrogens is 311 g/mol. The highest BCUT2D eigenvalue weighted by Crippen LogP contribution is 2.30. The maximum Gasteiger partial charge on any atom is 0.416 e. The molecule has 2 N–H and O–H groups in total. The van der Waals surface area contributed by atoms with Crippen molar-refractivity contribution in [1.82, 2.24) is 15.5 Å². The van der Waals surface area contributed by atoms with Crippen LogP contribution in [0.4, 0.5) is 13.2 Å². The maximum absolute atomic E-state index is 12.4. The highest BCUT2D eigenvalue weighted by Gasteiger charge is 2.30. The standard InChI is InChI=1S/C15H20F3N3O2/c16-15(17,18)12-1-3-13(4-2-12)23-11-14(22)20-7-10-21-8-5-19-6-9-21/h1-4,19H,5-11H2,(H,20,22). The number of ether oxygens (including phenoxy) is 1. The fourth-order valence-corrected chi connectivity index (χ4v) is 2.23. The number of benzene rings is 1. The van der Waals surface area contributed by atoms with Crippen LogP contribution in [0.3, 0.4) is 0 Å². The molecule has 2 rings (SSSR count). The predicted molar refractivity (Wildman–Crippen MR) is 79.3 cm³/mol. The van der Waals surface area contributed by atoms with Gasteiger partial charge in [-0.2, -0.15) is 13.2 Å². The number of piperazine rings is 1. The van der Waals surface area contributed by atoms with Gasteiger partial charge in [0.1, 0.15) is 5.75 Å². The second kappa shape index (κ2) is 8.16. The number of carbonyl (C=O) groups is 1. The number of amides is 1. The van der Waals surface area contributed by atoms with Crippen molar-refractivity contribution >= 4 is 5.91 Å². The number of nitrogens with one attached hydrogen (secondary N) is 2. The Balaban J connectivity index is 1.65. The second-order valence-corrected chi connectivity index (χ2v) is 5.25. The minimum absolute atomic E-state index is 0.215. The van der Waals surface area contributed by atoms with Crippen LogP contribution in [0, 0.1) is 0 Å². The van der Waals surface area contributed by atoms with Gasteiger partial charge in [-0.25, -0.2) is 0 Å². The van der Waals surface area contributed by atoms with Crippen LogP contribution in [0.1, 0.15) is 5.56 Å². The third kappa shape index (κ3) is 6.07. The summed E-state index contributed by atoms with van der Waals surface area (Å²) in [6, 6.07) is 4.27. The van der Waals surface area contributed by atoms with Crippen molar-refractivity contribution in [3.8, 4) is 5.75 Å². The molecule has 23 heavy (non-hydrogen) atoms. The Morgan fingerprint density at radius 1 is 1.22 bits per heavy atom. The highest BCUT2D eigenvalue weighted by atomic mass is 19.4. The molecule has 0 atom stereocenters. The lowest BCUT2D eigenvalue weighted by Gasteiger charge is -2.27. The molecule has 1 fully saturated rings. The quantitative estimate of drug-likeness (QED) is 0.820. The van der Waals surface area contributed by atoms with E-state index >= 15 is 0 Å². The Bertz CT molecular complexity index is 500. The summed E-state index contributed by atoms with van der Waals surface area (Å²) in [6.07, 6.45) is -4.38. The van der Waals surface area contributed by atoms with Gasteiger partial charge in [-0.1, -0.05) is 0 Å². The summed E-state index contributed by atoms with van der Waals surface area (Å²) in [7, 11) is 0. The van der Waals surface area contributed by atoms with Crippen LogP contribution < -0.4 is 15.4 Å². The molecule has 0 aliphatic carbocycles. The zero-order valence-electron chi connectivity index (χ0n) is 12.7. The summed E-state index contributed by atoms with van der Waals surface area (Å²) in [5, 5.41) is 5.98. The third-order valence-electron chi connectivity index (χ3n) is 3.51. The zero-order valence-corrected chi connectivity index (χ0v) is 12.7. The number of nitrogens with zero attached hydrogens (tertiary/aromatic N) is 1. The lowest BCUT2D eigenvalue weighted by Crippen LogP contribution is -2.46. The van der Waals surface area contributed by atoms with Gasteiger partial charge in [0.15, 0.2) is 6.61 Å². The second-order valence-electron chi connectivity index (χ2n) is 5.25. The van der Waals surface area contributed by atoms with Crippen molar-refractivity contribution < 1.29 is 22.7 Å². The summed E-state index contributed by atoms with van der Waals surface area (Å²) < 4.78 is 42.4. The molecule has 5 nitrogen and oxygen atoms in total. The lowest BCUT2D eigenvalue weighted by molar-refractivity contribution is -0.137. The molecule has 0 radical (unpaired) electrons. The maximum atomic E-state index is 12.4. The van der Waals surface area contributed by atoms with Gasteiger partial charge in [-0.3, -0.25) is 9.69 Å². The third-order valence-corrected chi connectivity index (χ3v) is 3.51. The van der Waals surface area contributed by atoms with E-state index < -0.39 is 11.7 Å². The Kier molecular flexibility index (Phi) is 6.23. The minimum Gasteiger partial charge on any atom is -0.484 e. The molecule has 0 spiro atoms. The monoisotopic (exact) mass is 331 g/mol. The average Bonchev–Trinajstić information content (AvgIpc) is 2.53. The van der Waals surface area contributed by atoms with Crippen LogP contribution in [-0.4, -0.2) is 56.7 Å². The summed E-state index contributed by atoms with van der Waals surface area (Å²) in [5.74, 6) is -0.0599. The molecule has 1 saturated heterocycles. The molecule has 1 aliphatic heterocycles. The van der Waals surface area contributed by atoms with E-state index in [1.807, 2.05) is 0 Å². The van der Waals surface area contributed by atoms with E-state index in [1.54, 1.807) is 0 Å². The molecule has 128 valence electrons. The van der Waals surface area contributed by atoms with Crippen molar-refractivity contribution in [2.75, 3.05) is 45.9 Å². The molecule has 1 aromatic rings. The first-order chi connectivity index (χ1) is 10.9. The van der Waals surface area contributed by atoms with E-state index in [0.29, 0.717) is 6.54 Å². The Hall–Kier alpha value is -1.80. The molecule has 1 amide bonds. The largest absolute Gasteiger partial charge is 0.484 e. The first-order valence-corrected chi connectivity index (χ1v) is 7.45. The van der Waals surface area contributed by atoms with Gasteiger partial charge in [0.05, 0.1) is 5.56 Å². The van der Waals surface area contributed by atoms with Crippen LogP contribution in [0.5, 0.6) is 5.75 Å². The van der Waals surface area contributed by atoms with E-state index in [-0.39, 0.29) is 18.3 Å². The fourth-order valence-electron chi connectivity index (χ4n) is 2.23. The van der Waals surface area contributed by atoms with Gasteiger partial charge >= 0.3 is 6.18 Å². The number of rotatable bonds is 6. The molecule has 0 aromatic heterocycles. The van der Waals surface area contributed by atoms with Gasteiger partial charge in [-0.05, 0) is 24.3 Å². The average molecular weight is 331 g/mol. The van der Waals surface area contributed by atoms with E-state index in [2.05, 4.69) is 15.5 Å². The molecule has 1 heterocycles. The minimum atomic E-state index is -4.38. The summed E-state index contributed by atoms with van der Waals surface area (Å²) >= 11 is 0. The predicted octanol–water partition coefficient (Wildman–Crippen LogP) is 1.11. The van der Waals surface area contributed by atoms with Crippen molar-refractivity contribution in [1.29, 1.82) is 0 Å². The van der Waals surface area contributed by atoms with Gasteiger partial charge in [0.25, 0.3) is 5.91 Å². The molecule has 0 unspecified atom stereocenters. The van der Waals surface area contributed by atoms with Crippen LogP contribution >= 0.6 is 0 Å². The van der Waals surface area contributed by atoms with Gasteiger partial charge in [0.2, 0.25) is 0 Å². The molecule has 0 saturated carbocycles. The fraction of sp³-hybridized carbons (Fsp3) is 0.533. The van der Waals surface area contributed by atoms with Crippen molar-refractivity contribution in [3.05, 3.63) is 29.8 Å². The zero-order chi connectivity index (χ0) is 16.7. The Morgan fingerprint density at radius 2 is 1.87 bits per heavy atom. The topological polar surface area (TPSA) is 53.6 Å². The molecule has 1 aliphatic rings. The van der Waals surface area contributed by atoms with E-state index in [1.165, 1.54) is 12.1 Å². The van der Waals surface area contributed by atoms with Gasteiger partial charge in [0, 0.05) is 39.3 Å². The summed E-state index contributed by atoms with van der Waals surface area (Å²) in [6.45, 7) is 4.89. The van der Waals surface area contributed by atoms with E-state index in [9.17, 15) is 18.0 Å². The first-order valence-electron chi connectivity index (χ1n) is 7.45. The lowest BCUT2D eigenvalue weighted by atomic mass is 10.2. The van der Waals surface area contributed by atoms with Crippen molar-refractivity contribution in [2.24, 2.45) is 0 Å². The summed E-state index contributed by atoms with van der Waals surface area (Å²) in [5.41, 5.74) is -0.745. The number of halogens is 3. The van der Waals surface area contributed by atoms with E-state index in [0.717, 1.165) is 44.9 Å². The molecule has 1 aromatic carbocycles. The van der Waals surface area contributed by atoms with E-state index in [4.69, 9.17) is 4.74 Å². The Labute approximate surface area is 132 Å². The number of alkyl halides is 3. The SMILES string of the molecule is O=C(COc1ccc(C(F)(F)F)cc1)NCCN1CCNCC1. The van der Waals surface area contributed by atoms with Crippen LogP contribution in [0.2, 0.25) is 0 Å². The first kappa shape index (κ1) is 17.6. The highest BCUT2D eigenvalue weighted by molar-refractivity contribution is 5.77. The smallest absolute Gasteiger partial charge is 0.416 e. The molecular formula is C15H20F3N3O2. The summed E-state index contributed by atoms with van der Waals surface area (Å²) in [4.78, 5) is 13.9. The Morgan fingerprint density at radius 3 is 2.48 bits per heavy atom. The number of carbonyl (C=O) groups excluding carboxylic acids is 1. The van der Waals surface area contributed by atoms with Crippen molar-refractivity contribution in [3.63, 3.8) is 0 Å². The number of hydrogen-bond donors (Lipinski definition) is 2. The molecule has 8 heteroatoms. The van der Waals surface area contributed by atoms with Crippen LogP contribution in [0.25, 0.3) is 0 Å². The van der Waals surface area contributed by atoms with Crippen molar-refractivity contribution in [2.45, 2.75) is 6.18 Å². The van der Waals surface area contributed by atoms with Gasteiger partial charge in [-0.15, -0.1) is 0 Å². The normalized spacial score (nSPS) is 16.1. The molecule has 0 bridgehead atoms.